The lowest BCUT2D eigenvalue weighted by atomic mass is 10.1. The summed E-state index contributed by atoms with van der Waals surface area (Å²) in [7, 11) is 0. The fraction of sp³-hybridized carbons (Fsp3) is 0.462. The number of nitrogens with two attached hydrogens (primary N) is 1. The molecule has 0 unspecified atom stereocenters. The van der Waals surface area contributed by atoms with Crippen LogP contribution in [0.3, 0.4) is 0 Å². The smallest absolute Gasteiger partial charge is 0.340 e. The van der Waals surface area contributed by atoms with Gasteiger partial charge in [0.1, 0.15) is 6.61 Å². The van der Waals surface area contributed by atoms with E-state index in [1.165, 1.54) is 12.1 Å². The number of non-ortho nitro benzene ring substituents is 1. The number of rotatable bonds is 8. The molecule has 0 radical (unpaired) electrons. The van der Waals surface area contributed by atoms with Crippen LogP contribution in [-0.4, -0.2) is 30.7 Å². The van der Waals surface area contributed by atoms with Crippen molar-refractivity contribution in [3.63, 3.8) is 0 Å². The van der Waals surface area contributed by atoms with Gasteiger partial charge in [-0.3, -0.25) is 10.1 Å². The molecule has 0 saturated heterocycles. The molecule has 1 aromatic carbocycles. The number of nitro groups is 1. The van der Waals surface area contributed by atoms with Gasteiger partial charge in [0.15, 0.2) is 0 Å². The molecule has 20 heavy (non-hydrogen) atoms. The van der Waals surface area contributed by atoms with Crippen LogP contribution in [0.15, 0.2) is 18.2 Å². The van der Waals surface area contributed by atoms with Crippen LogP contribution in [0.4, 0.5) is 11.4 Å². The molecule has 7 heteroatoms. The molecule has 2 N–H and O–H groups in total. The number of nitrogen functional groups attached to an aromatic ring is 1. The van der Waals surface area contributed by atoms with Crippen LogP contribution in [0, 0.1) is 10.1 Å². The Morgan fingerprint density at radius 3 is 2.75 bits per heavy atom. The van der Waals surface area contributed by atoms with Crippen molar-refractivity contribution in [1.82, 2.24) is 0 Å². The van der Waals surface area contributed by atoms with Crippen LogP contribution < -0.4 is 5.73 Å². The molecule has 0 aliphatic heterocycles. The minimum atomic E-state index is -0.690. The van der Waals surface area contributed by atoms with Gasteiger partial charge in [0.25, 0.3) is 5.69 Å². The Balaban J connectivity index is 2.50. The highest BCUT2D eigenvalue weighted by Crippen LogP contribution is 2.20. The van der Waals surface area contributed by atoms with Crippen molar-refractivity contribution in [3.05, 3.63) is 33.9 Å². The lowest BCUT2D eigenvalue weighted by Gasteiger charge is -2.07. The van der Waals surface area contributed by atoms with Gasteiger partial charge < -0.3 is 15.2 Å². The predicted octanol–water partition coefficient (Wildman–Crippen LogP) is 2.15. The van der Waals surface area contributed by atoms with E-state index in [1.807, 2.05) is 0 Å². The van der Waals surface area contributed by atoms with E-state index in [2.05, 4.69) is 6.92 Å². The Bertz CT molecular complexity index is 476. The molecule has 0 spiro atoms. The van der Waals surface area contributed by atoms with Crippen LogP contribution in [0.2, 0.25) is 0 Å². The quantitative estimate of drug-likeness (QED) is 0.257. The van der Waals surface area contributed by atoms with E-state index in [4.69, 9.17) is 15.2 Å². The summed E-state index contributed by atoms with van der Waals surface area (Å²) < 4.78 is 10.2. The maximum atomic E-state index is 11.7. The average Bonchev–Trinajstić information content (AvgIpc) is 2.42. The van der Waals surface area contributed by atoms with Crippen LogP contribution >= 0.6 is 0 Å². The van der Waals surface area contributed by atoms with Crippen LogP contribution in [-0.2, 0) is 9.47 Å². The van der Waals surface area contributed by atoms with Crippen molar-refractivity contribution in [3.8, 4) is 0 Å². The molecule has 0 saturated carbocycles. The summed E-state index contributed by atoms with van der Waals surface area (Å²) in [5, 5.41) is 10.6. The molecular formula is C13H18N2O5. The summed E-state index contributed by atoms with van der Waals surface area (Å²) >= 11 is 0. The predicted molar refractivity (Wildman–Crippen MR) is 73.5 cm³/mol. The molecule has 0 aliphatic rings. The van der Waals surface area contributed by atoms with Gasteiger partial charge in [0.05, 0.1) is 17.1 Å². The Hall–Kier alpha value is -2.15. The van der Waals surface area contributed by atoms with Gasteiger partial charge in [0.2, 0.25) is 0 Å². The topological polar surface area (TPSA) is 105 Å². The number of ether oxygens (including phenoxy) is 2. The molecule has 7 nitrogen and oxygen atoms in total. The highest BCUT2D eigenvalue weighted by atomic mass is 16.6. The van der Waals surface area contributed by atoms with Crippen LogP contribution in [0.5, 0.6) is 0 Å². The summed E-state index contributed by atoms with van der Waals surface area (Å²) in [5.41, 5.74) is 5.54. The lowest BCUT2D eigenvalue weighted by Crippen LogP contribution is -2.13. The second-order valence-electron chi connectivity index (χ2n) is 4.13. The second-order valence-corrected chi connectivity index (χ2v) is 4.13. The van der Waals surface area contributed by atoms with Gasteiger partial charge in [-0.25, -0.2) is 4.79 Å². The number of hydrogen-bond donors (Lipinski definition) is 1. The number of nitro benzene ring substituents is 1. The van der Waals surface area contributed by atoms with Crippen molar-refractivity contribution >= 4 is 17.3 Å². The molecule has 110 valence electrons. The fourth-order valence-corrected chi connectivity index (χ4v) is 1.45. The van der Waals surface area contributed by atoms with E-state index in [0.717, 1.165) is 18.9 Å². The van der Waals surface area contributed by atoms with E-state index in [-0.39, 0.29) is 23.5 Å². The van der Waals surface area contributed by atoms with Crippen LogP contribution in [0.1, 0.15) is 30.1 Å². The minimum Gasteiger partial charge on any atom is -0.460 e. The van der Waals surface area contributed by atoms with Gasteiger partial charge in [-0.1, -0.05) is 13.3 Å². The van der Waals surface area contributed by atoms with Gasteiger partial charge >= 0.3 is 5.97 Å². The number of nitrogens with zero attached hydrogens (tertiary/aromatic N) is 1. The first-order chi connectivity index (χ1) is 9.56. The van der Waals surface area contributed by atoms with Gasteiger partial charge in [0, 0.05) is 24.4 Å². The number of benzene rings is 1. The number of anilines is 1. The van der Waals surface area contributed by atoms with E-state index < -0.39 is 10.9 Å². The summed E-state index contributed by atoms with van der Waals surface area (Å²) in [6, 6.07) is 3.65. The Morgan fingerprint density at radius 1 is 1.35 bits per heavy atom. The standard InChI is InChI=1S/C13H18N2O5/c1-2-3-6-19-7-8-20-13(16)11-9-10(15(17)18)4-5-12(11)14/h4-5,9H,2-3,6-8,14H2,1H3. The van der Waals surface area contributed by atoms with Gasteiger partial charge in [-0.2, -0.15) is 0 Å². The Kier molecular flexibility index (Phi) is 6.45. The third-order valence-corrected chi connectivity index (χ3v) is 2.57. The molecule has 0 heterocycles. The van der Waals surface area contributed by atoms with Gasteiger partial charge in [-0.15, -0.1) is 0 Å². The average molecular weight is 282 g/mol. The number of carbonyl (C=O) groups excluding carboxylic acids is 1. The largest absolute Gasteiger partial charge is 0.460 e. The monoisotopic (exact) mass is 282 g/mol. The SMILES string of the molecule is CCCCOCCOC(=O)c1cc([N+](=O)[O-])ccc1N. The van der Waals surface area contributed by atoms with Crippen molar-refractivity contribution in [2.24, 2.45) is 0 Å². The highest BCUT2D eigenvalue weighted by molar-refractivity contribution is 5.95. The second kappa shape index (κ2) is 8.11. The molecule has 1 aromatic rings. The van der Waals surface area contributed by atoms with Gasteiger partial charge in [-0.05, 0) is 12.5 Å². The zero-order valence-electron chi connectivity index (χ0n) is 11.3. The zero-order chi connectivity index (χ0) is 15.0. The molecule has 0 atom stereocenters. The van der Waals surface area contributed by atoms with Crippen molar-refractivity contribution in [1.29, 1.82) is 0 Å². The third-order valence-electron chi connectivity index (χ3n) is 2.57. The molecule has 1 rings (SSSR count). The first-order valence-electron chi connectivity index (χ1n) is 6.35. The highest BCUT2D eigenvalue weighted by Gasteiger charge is 2.16. The Morgan fingerprint density at radius 2 is 2.10 bits per heavy atom. The number of hydrogen-bond acceptors (Lipinski definition) is 6. The zero-order valence-corrected chi connectivity index (χ0v) is 11.3. The van der Waals surface area contributed by atoms with E-state index in [9.17, 15) is 14.9 Å². The molecule has 0 aromatic heterocycles. The molecule has 0 amide bonds. The number of carbonyl (C=O) groups is 1. The van der Waals surface area contributed by atoms with Crippen molar-refractivity contribution < 1.29 is 19.2 Å². The molecule has 0 aliphatic carbocycles. The van der Waals surface area contributed by atoms with Crippen molar-refractivity contribution in [2.75, 3.05) is 25.6 Å². The summed E-state index contributed by atoms with van der Waals surface area (Å²) in [6.45, 7) is 3.05. The third kappa shape index (κ3) is 4.85. The van der Waals surface area contributed by atoms with E-state index >= 15 is 0 Å². The number of unbranched alkanes of at least 4 members (excludes halogenated alkanes) is 1. The Labute approximate surface area is 116 Å². The molecular weight excluding hydrogens is 264 g/mol. The minimum absolute atomic E-state index is 0.00671. The summed E-state index contributed by atoms with van der Waals surface area (Å²) in [5.74, 6) is -0.690. The maximum absolute atomic E-state index is 11.7. The summed E-state index contributed by atoms with van der Waals surface area (Å²) in [6.07, 6.45) is 1.98. The van der Waals surface area contributed by atoms with E-state index in [1.54, 1.807) is 0 Å². The fourth-order valence-electron chi connectivity index (χ4n) is 1.45. The summed E-state index contributed by atoms with van der Waals surface area (Å²) in [4.78, 5) is 21.8. The normalized spacial score (nSPS) is 10.2. The van der Waals surface area contributed by atoms with Crippen LogP contribution in [0.25, 0.3) is 0 Å². The lowest BCUT2D eigenvalue weighted by molar-refractivity contribution is -0.384. The first kappa shape index (κ1) is 15.9. The molecule has 0 bridgehead atoms. The van der Waals surface area contributed by atoms with E-state index in [0.29, 0.717) is 13.2 Å². The molecule has 0 fully saturated rings. The number of esters is 1. The van der Waals surface area contributed by atoms with Crippen molar-refractivity contribution in [2.45, 2.75) is 19.8 Å². The first-order valence-corrected chi connectivity index (χ1v) is 6.35. The maximum Gasteiger partial charge on any atom is 0.340 e.